The van der Waals surface area contributed by atoms with Crippen molar-refractivity contribution in [2.24, 2.45) is 0 Å². The van der Waals surface area contributed by atoms with Gasteiger partial charge < -0.3 is 23.7 Å². The first-order valence-corrected chi connectivity index (χ1v) is 8.26. The summed E-state index contributed by atoms with van der Waals surface area (Å²) in [5.41, 5.74) is 0. The number of hydrogen-bond donors (Lipinski definition) is 0. The molecule has 0 aliphatic carbocycles. The zero-order chi connectivity index (χ0) is 17.4. The average molecular weight is 354 g/mol. The van der Waals surface area contributed by atoms with E-state index < -0.39 is 16.1 Å². The summed E-state index contributed by atoms with van der Waals surface area (Å²) in [6, 6.07) is 0. The van der Waals surface area contributed by atoms with E-state index in [0.29, 0.717) is 33.0 Å². The molecule has 0 N–H and O–H groups in total. The van der Waals surface area contributed by atoms with Crippen molar-refractivity contribution in [3.05, 3.63) is 13.2 Å². The van der Waals surface area contributed by atoms with Crippen LogP contribution in [-0.2, 0) is 42.8 Å². The van der Waals surface area contributed by atoms with Crippen molar-refractivity contribution in [1.82, 2.24) is 0 Å². The predicted octanol–water partition coefficient (Wildman–Crippen LogP) is -0.678. The number of ether oxygens (including phenoxy) is 5. The average Bonchev–Trinajstić information content (AvgIpc) is 2.46. The van der Waals surface area contributed by atoms with Crippen molar-refractivity contribution in [2.75, 3.05) is 66.1 Å². The smallest absolute Gasteiger partial charge is 0.332 e. The number of esters is 1. The van der Waals surface area contributed by atoms with Crippen LogP contribution in [0.4, 0.5) is 0 Å². The molecule has 0 heterocycles. The first-order valence-electron chi connectivity index (χ1n) is 6.79. The highest BCUT2D eigenvalue weighted by Gasteiger charge is 2.01. The fourth-order valence-corrected chi connectivity index (χ4v) is 1.46. The normalized spacial score (nSPS) is 11.6. The molecule has 134 valence electrons. The molecule has 0 aromatic heterocycles. The van der Waals surface area contributed by atoms with Crippen LogP contribution in [0, 0.1) is 13.2 Å². The standard InChI is InChI=1S/C13H22O9S/c1-3-21-13(14)12-20-9-8-18-5-4-17-6-7-19-10-11-22-23(2,15)16/h1-2H,3-12H2. The molecule has 0 aliphatic heterocycles. The van der Waals surface area contributed by atoms with E-state index in [4.69, 9.17) is 25.9 Å². The fraction of sp³-hybridized carbons (Fsp3) is 0.769. The van der Waals surface area contributed by atoms with Gasteiger partial charge in [0.25, 0.3) is 10.1 Å². The predicted molar refractivity (Wildman–Crippen MR) is 77.7 cm³/mol. The van der Waals surface area contributed by atoms with Crippen LogP contribution in [-0.4, -0.2) is 80.5 Å². The molecule has 0 fully saturated rings. The van der Waals surface area contributed by atoms with Gasteiger partial charge in [0.2, 0.25) is 0 Å². The van der Waals surface area contributed by atoms with Crippen LogP contribution in [0.1, 0.15) is 0 Å². The van der Waals surface area contributed by atoms with Crippen LogP contribution < -0.4 is 0 Å². The minimum atomic E-state index is -3.92. The summed E-state index contributed by atoms with van der Waals surface area (Å²) in [7, 11) is -3.92. The second kappa shape index (κ2) is 14.8. The van der Waals surface area contributed by atoms with Crippen LogP contribution in [0.3, 0.4) is 0 Å². The molecule has 10 heteroatoms. The maximum absolute atomic E-state index is 10.8. The van der Waals surface area contributed by atoms with Crippen molar-refractivity contribution >= 4 is 16.1 Å². The lowest BCUT2D eigenvalue weighted by atomic mass is 10.6. The molecular formula is C13H22O9S. The summed E-state index contributed by atoms with van der Waals surface area (Å²) < 4.78 is 50.0. The molecule has 0 aromatic carbocycles. The first kappa shape index (κ1) is 22.2. The molecule has 0 aliphatic rings. The summed E-state index contributed by atoms with van der Waals surface area (Å²) >= 11 is 0. The SMILES string of the molecule is [CH]COC(=O)COCCOCCOCCOCCOS([CH])(=O)=O. The van der Waals surface area contributed by atoms with Crippen molar-refractivity contribution in [2.45, 2.75) is 0 Å². The van der Waals surface area contributed by atoms with E-state index in [1.807, 2.05) is 0 Å². The fourth-order valence-electron chi connectivity index (χ4n) is 1.16. The molecule has 0 saturated carbocycles. The van der Waals surface area contributed by atoms with E-state index in [2.05, 4.69) is 15.2 Å². The summed E-state index contributed by atoms with van der Waals surface area (Å²) in [5, 5.41) is 0. The second-order valence-corrected chi connectivity index (χ2v) is 5.11. The Bertz CT molecular complexity index is 383. The molecule has 0 bridgehead atoms. The second-order valence-electron chi connectivity index (χ2n) is 3.89. The molecular weight excluding hydrogens is 332 g/mol. The Morgan fingerprint density at radius 2 is 1.22 bits per heavy atom. The van der Waals surface area contributed by atoms with Crippen molar-refractivity contribution in [1.29, 1.82) is 0 Å². The van der Waals surface area contributed by atoms with Gasteiger partial charge in [0.05, 0.1) is 59.5 Å². The Morgan fingerprint density at radius 1 is 0.783 bits per heavy atom. The van der Waals surface area contributed by atoms with Crippen LogP contribution in [0.15, 0.2) is 0 Å². The third-order valence-corrected chi connectivity index (χ3v) is 2.55. The Morgan fingerprint density at radius 3 is 1.65 bits per heavy atom. The number of hydrogen-bond acceptors (Lipinski definition) is 9. The molecule has 0 spiro atoms. The Labute approximate surface area is 137 Å². The molecule has 0 amide bonds. The molecule has 0 saturated heterocycles. The number of carbonyl (C=O) groups is 1. The van der Waals surface area contributed by atoms with E-state index in [-0.39, 0.29) is 33.0 Å². The summed E-state index contributed by atoms with van der Waals surface area (Å²) in [6.45, 7) is 6.57. The van der Waals surface area contributed by atoms with Gasteiger partial charge >= 0.3 is 5.97 Å². The van der Waals surface area contributed by atoms with Gasteiger partial charge in [-0.05, 0) is 0 Å². The highest BCUT2D eigenvalue weighted by atomic mass is 32.2. The molecule has 0 atom stereocenters. The number of rotatable bonds is 16. The van der Waals surface area contributed by atoms with Gasteiger partial charge in [-0.1, -0.05) is 0 Å². The maximum atomic E-state index is 10.8. The zero-order valence-electron chi connectivity index (χ0n) is 12.8. The zero-order valence-corrected chi connectivity index (χ0v) is 13.6. The quantitative estimate of drug-likeness (QED) is 0.202. The molecule has 0 rings (SSSR count). The lowest BCUT2D eigenvalue weighted by Gasteiger charge is -2.07. The largest absolute Gasteiger partial charge is 0.464 e. The third kappa shape index (κ3) is 19.2. The highest BCUT2D eigenvalue weighted by Crippen LogP contribution is 1.89. The van der Waals surface area contributed by atoms with Crippen molar-refractivity contribution < 1.29 is 41.1 Å². The van der Waals surface area contributed by atoms with Gasteiger partial charge in [0.1, 0.15) is 12.9 Å². The highest BCUT2D eigenvalue weighted by molar-refractivity contribution is 7.87. The van der Waals surface area contributed by atoms with E-state index in [9.17, 15) is 13.2 Å². The van der Waals surface area contributed by atoms with E-state index in [0.717, 1.165) is 0 Å². The summed E-state index contributed by atoms with van der Waals surface area (Å²) in [4.78, 5) is 10.8. The number of carbonyl (C=O) groups excluding carboxylic acids is 1. The van der Waals surface area contributed by atoms with Gasteiger partial charge in [-0.25, -0.2) is 4.79 Å². The summed E-state index contributed by atoms with van der Waals surface area (Å²) in [6.07, 6.45) is 4.62. The lowest BCUT2D eigenvalue weighted by Crippen LogP contribution is -2.16. The molecule has 4 radical (unpaired) electrons. The van der Waals surface area contributed by atoms with E-state index in [1.54, 1.807) is 0 Å². The Hall–Kier alpha value is -0.780. The molecule has 0 aromatic rings. The van der Waals surface area contributed by atoms with Crippen molar-refractivity contribution in [3.63, 3.8) is 0 Å². The Kier molecular flexibility index (Phi) is 14.3. The Balaban J connectivity index is 3.12. The van der Waals surface area contributed by atoms with Crippen LogP contribution in [0.25, 0.3) is 0 Å². The lowest BCUT2D eigenvalue weighted by molar-refractivity contribution is -0.148. The molecule has 0 unspecified atom stereocenters. The van der Waals surface area contributed by atoms with Crippen LogP contribution in [0.5, 0.6) is 0 Å². The molecule has 9 nitrogen and oxygen atoms in total. The first-order chi connectivity index (χ1) is 11.0. The third-order valence-electron chi connectivity index (χ3n) is 2.06. The minimum absolute atomic E-state index is 0.0974. The van der Waals surface area contributed by atoms with E-state index in [1.165, 1.54) is 0 Å². The van der Waals surface area contributed by atoms with Gasteiger partial charge in [0, 0.05) is 6.92 Å². The monoisotopic (exact) mass is 354 g/mol. The van der Waals surface area contributed by atoms with Gasteiger partial charge in [-0.15, -0.1) is 0 Å². The minimum Gasteiger partial charge on any atom is -0.464 e. The topological polar surface area (TPSA) is 107 Å². The maximum Gasteiger partial charge on any atom is 0.332 e. The van der Waals surface area contributed by atoms with Crippen molar-refractivity contribution in [3.8, 4) is 0 Å². The van der Waals surface area contributed by atoms with Crippen LogP contribution in [0.2, 0.25) is 0 Å². The van der Waals surface area contributed by atoms with E-state index >= 15 is 0 Å². The summed E-state index contributed by atoms with van der Waals surface area (Å²) in [5.74, 6) is -0.523. The van der Waals surface area contributed by atoms with Gasteiger partial charge in [-0.3, -0.25) is 4.18 Å². The van der Waals surface area contributed by atoms with Crippen LogP contribution >= 0.6 is 0 Å². The van der Waals surface area contributed by atoms with Gasteiger partial charge in [0.15, 0.2) is 0 Å². The molecule has 23 heavy (non-hydrogen) atoms. The van der Waals surface area contributed by atoms with Gasteiger partial charge in [-0.2, -0.15) is 8.42 Å².